The first-order valence-electron chi connectivity index (χ1n) is 15.9. The fraction of sp³-hybridized carbons (Fsp3) is 0.824. The Balaban J connectivity index is 1.61. The molecule has 0 saturated heterocycles. The molecule has 2 saturated carbocycles. The topological polar surface area (TPSA) is 138 Å². The molecule has 0 aromatic heterocycles. The maximum Gasteiger partial charge on any atom is 0.317 e. The van der Waals surface area contributed by atoms with Crippen LogP contribution in [0.2, 0.25) is 0 Å². The molecule has 0 aromatic carbocycles. The molecule has 4 aliphatic rings. The zero-order valence-corrected chi connectivity index (χ0v) is 26.8. The maximum atomic E-state index is 13.1. The number of hydrogen-bond donors (Lipinski definition) is 3. The predicted octanol–water partition coefficient (Wildman–Crippen LogP) is 6.05. The highest BCUT2D eigenvalue weighted by Gasteiger charge is 2.66. The lowest BCUT2D eigenvalue weighted by molar-refractivity contribution is -0.173. The number of aliphatic carboxylic acids is 2. The molecule has 0 aromatic rings. The van der Waals surface area contributed by atoms with Crippen molar-refractivity contribution in [2.24, 2.45) is 51.2 Å². The number of aliphatic hydroxyl groups excluding tert-OH is 1. The van der Waals surface area contributed by atoms with E-state index < -0.39 is 47.7 Å². The molecule has 8 nitrogen and oxygen atoms in total. The van der Waals surface area contributed by atoms with Crippen LogP contribution in [0.15, 0.2) is 11.1 Å². The van der Waals surface area contributed by atoms with E-state index in [2.05, 4.69) is 41.5 Å². The molecular formula is C34H52O8. The summed E-state index contributed by atoms with van der Waals surface area (Å²) >= 11 is 0. The van der Waals surface area contributed by atoms with Gasteiger partial charge in [0.2, 0.25) is 0 Å². The van der Waals surface area contributed by atoms with Crippen LogP contribution in [0.4, 0.5) is 0 Å². The molecule has 10 atom stereocenters. The minimum atomic E-state index is -1.18. The van der Waals surface area contributed by atoms with Gasteiger partial charge in [0.05, 0.1) is 12.0 Å². The molecular weight excluding hydrogens is 536 g/mol. The number of fused-ring (bicyclic) bond motifs is 4. The molecule has 0 radical (unpaired) electrons. The largest absolute Gasteiger partial charge is 0.481 e. The Morgan fingerprint density at radius 3 is 2.14 bits per heavy atom. The van der Waals surface area contributed by atoms with E-state index in [4.69, 9.17) is 9.84 Å². The summed E-state index contributed by atoms with van der Waals surface area (Å²) < 4.78 is 5.75. The molecule has 3 N–H and O–H groups in total. The number of ether oxygens (including phenoxy) is 1. The van der Waals surface area contributed by atoms with Crippen molar-refractivity contribution >= 4 is 23.7 Å². The minimum Gasteiger partial charge on any atom is -0.481 e. The molecule has 0 bridgehead atoms. The number of carboxylic acid groups (broad SMARTS) is 2. The summed E-state index contributed by atoms with van der Waals surface area (Å²) in [6.45, 7) is 16.5. The van der Waals surface area contributed by atoms with Crippen molar-refractivity contribution in [3.05, 3.63) is 11.1 Å². The number of carbonyl (C=O) groups excluding carboxylic acids is 2. The van der Waals surface area contributed by atoms with Crippen LogP contribution < -0.4 is 0 Å². The smallest absolute Gasteiger partial charge is 0.317 e. The second-order valence-electron chi connectivity index (χ2n) is 15.4. The highest BCUT2D eigenvalue weighted by Crippen LogP contribution is 2.72. The fourth-order valence-corrected chi connectivity index (χ4v) is 10.3. The summed E-state index contributed by atoms with van der Waals surface area (Å²) in [6, 6.07) is 0. The van der Waals surface area contributed by atoms with E-state index in [9.17, 15) is 29.4 Å². The first-order chi connectivity index (χ1) is 19.3. The lowest BCUT2D eigenvalue weighted by Gasteiger charge is -2.63. The van der Waals surface area contributed by atoms with Crippen LogP contribution in [0.1, 0.15) is 113 Å². The van der Waals surface area contributed by atoms with Crippen molar-refractivity contribution in [2.45, 2.75) is 125 Å². The number of ketones is 1. The molecule has 0 aliphatic heterocycles. The van der Waals surface area contributed by atoms with Crippen molar-refractivity contribution in [3.63, 3.8) is 0 Å². The SMILES string of the molecule is C[C@H](CC(=O)[C@H](C)[C@H](C)C(=O)O)[C@H]1CC[C@@]2(C)C3=C(C[C@@H](O)[C@]12C)[C@@]1(C)CC[C@@H](OC(=O)CC(=O)O)C(C)(C)[C@@H]1CC3. The summed E-state index contributed by atoms with van der Waals surface area (Å²) in [7, 11) is 0. The lowest BCUT2D eigenvalue weighted by atomic mass is 9.42. The summed E-state index contributed by atoms with van der Waals surface area (Å²) in [6.07, 6.45) is 4.58. The quantitative estimate of drug-likeness (QED) is 0.168. The van der Waals surface area contributed by atoms with Crippen LogP contribution in [-0.4, -0.2) is 51.2 Å². The molecule has 42 heavy (non-hydrogen) atoms. The lowest BCUT2D eigenvalue weighted by Crippen LogP contribution is -2.58. The van der Waals surface area contributed by atoms with E-state index in [-0.39, 0.29) is 45.9 Å². The Morgan fingerprint density at radius 1 is 0.905 bits per heavy atom. The second-order valence-corrected chi connectivity index (χ2v) is 15.4. The van der Waals surface area contributed by atoms with Gasteiger partial charge in [0.15, 0.2) is 0 Å². The summed E-state index contributed by atoms with van der Waals surface area (Å²) in [4.78, 5) is 47.9. The second kappa shape index (κ2) is 11.0. The first-order valence-corrected chi connectivity index (χ1v) is 15.9. The zero-order valence-electron chi connectivity index (χ0n) is 26.8. The summed E-state index contributed by atoms with van der Waals surface area (Å²) in [5.74, 6) is -3.70. The van der Waals surface area contributed by atoms with Gasteiger partial charge in [0.25, 0.3) is 0 Å². The van der Waals surface area contributed by atoms with Gasteiger partial charge in [-0.3, -0.25) is 19.2 Å². The van der Waals surface area contributed by atoms with Crippen molar-refractivity contribution < 1.29 is 39.2 Å². The van der Waals surface area contributed by atoms with Gasteiger partial charge in [-0.15, -0.1) is 0 Å². The standard InChI is InChI=1S/C34H52O8/c1-18(15-24(35)19(2)20(3)30(40)41)21-11-14-33(7)22-9-10-25-31(4,5)27(42-29(39)17-28(37)38)12-13-32(25,6)23(22)16-26(36)34(21,33)8/h18-21,25-27,36H,9-17H2,1-8H3,(H,37,38)(H,40,41)/t18-,19-,20+,21-,25+,26-,27-,32-,33+,34+/m1/s1. The Bertz CT molecular complexity index is 1170. The highest BCUT2D eigenvalue weighted by molar-refractivity contribution is 5.90. The number of esters is 1. The predicted molar refractivity (Wildman–Crippen MR) is 157 cm³/mol. The maximum absolute atomic E-state index is 13.1. The van der Waals surface area contributed by atoms with Crippen LogP contribution in [0.25, 0.3) is 0 Å². The molecule has 4 rings (SSSR count). The van der Waals surface area contributed by atoms with E-state index >= 15 is 0 Å². The van der Waals surface area contributed by atoms with Crippen LogP contribution in [0.5, 0.6) is 0 Å². The minimum absolute atomic E-state index is 0.0177. The van der Waals surface area contributed by atoms with Gasteiger partial charge in [0.1, 0.15) is 18.3 Å². The number of hydrogen-bond acceptors (Lipinski definition) is 6. The number of carboxylic acids is 2. The summed E-state index contributed by atoms with van der Waals surface area (Å²) in [5, 5.41) is 30.5. The van der Waals surface area contributed by atoms with Gasteiger partial charge in [-0.25, -0.2) is 0 Å². The van der Waals surface area contributed by atoms with Crippen LogP contribution in [-0.2, 0) is 23.9 Å². The molecule has 0 heterocycles. The zero-order chi connectivity index (χ0) is 31.6. The normalized spacial score (nSPS) is 39.3. The van der Waals surface area contributed by atoms with Gasteiger partial charge in [-0.1, -0.05) is 66.5 Å². The van der Waals surface area contributed by atoms with E-state index in [1.54, 1.807) is 13.8 Å². The third kappa shape index (κ3) is 4.93. The fourth-order valence-electron chi connectivity index (χ4n) is 10.3. The van der Waals surface area contributed by atoms with Crippen LogP contribution in [0, 0.1) is 51.2 Å². The van der Waals surface area contributed by atoms with Gasteiger partial charge >= 0.3 is 17.9 Å². The number of allylic oxidation sites excluding steroid dienone is 1. The van der Waals surface area contributed by atoms with Crippen molar-refractivity contribution in [1.29, 1.82) is 0 Å². The molecule has 8 heteroatoms. The monoisotopic (exact) mass is 588 g/mol. The van der Waals surface area contributed by atoms with Crippen LogP contribution in [0.3, 0.4) is 0 Å². The van der Waals surface area contributed by atoms with Gasteiger partial charge in [0, 0.05) is 23.2 Å². The van der Waals surface area contributed by atoms with E-state index in [0.29, 0.717) is 19.3 Å². The molecule has 4 aliphatic carbocycles. The third-order valence-corrected chi connectivity index (χ3v) is 13.3. The molecule has 0 spiro atoms. The Kier molecular flexibility index (Phi) is 8.60. The van der Waals surface area contributed by atoms with Crippen molar-refractivity contribution in [1.82, 2.24) is 0 Å². The van der Waals surface area contributed by atoms with Crippen molar-refractivity contribution in [3.8, 4) is 0 Å². The average Bonchev–Trinajstić information content (AvgIpc) is 3.17. The van der Waals surface area contributed by atoms with Crippen molar-refractivity contribution in [2.75, 3.05) is 0 Å². The molecule has 0 unspecified atom stereocenters. The van der Waals surface area contributed by atoms with E-state index in [0.717, 1.165) is 32.1 Å². The summed E-state index contributed by atoms with van der Waals surface area (Å²) in [5.41, 5.74) is 1.74. The van der Waals surface area contributed by atoms with Gasteiger partial charge < -0.3 is 20.1 Å². The Hall–Kier alpha value is -2.22. The third-order valence-electron chi connectivity index (χ3n) is 13.3. The molecule has 236 valence electrons. The first kappa shape index (κ1) is 32.7. The van der Waals surface area contributed by atoms with E-state index in [1.807, 2.05) is 0 Å². The number of rotatable bonds is 9. The molecule has 2 fully saturated rings. The van der Waals surface area contributed by atoms with Gasteiger partial charge in [-0.2, -0.15) is 0 Å². The van der Waals surface area contributed by atoms with Crippen LogP contribution >= 0.6 is 0 Å². The number of Topliss-reactive ketones (excluding diaryl/α,β-unsaturated/α-hetero) is 1. The Morgan fingerprint density at radius 2 is 1.55 bits per heavy atom. The van der Waals surface area contributed by atoms with Gasteiger partial charge in [-0.05, 0) is 73.5 Å². The Labute approximate surface area is 250 Å². The molecule has 0 amide bonds. The van der Waals surface area contributed by atoms with E-state index in [1.165, 1.54) is 11.1 Å². The average molecular weight is 589 g/mol. The number of aliphatic hydroxyl groups is 1. The highest BCUT2D eigenvalue weighted by atomic mass is 16.5. The number of carbonyl (C=O) groups is 4.